The molecule has 1 aromatic carbocycles. The molecule has 3 rings (SSSR count). The number of thiazole rings is 1. The summed E-state index contributed by atoms with van der Waals surface area (Å²) in [6, 6.07) is 6.42. The van der Waals surface area contributed by atoms with Crippen LogP contribution in [0.25, 0.3) is 0 Å². The standard InChI is InChI=1S/C21H26N2O6S2/c1-3-29-20(25)18-13-22-21(30-18)23-19(24)17(12-14-8-10-28-11-9-14)15-4-6-16(7-5-15)31(2,26)27/h4-7,13-14,17H,3,8-12H2,1-2H3,(H,22,23,24). The molecular weight excluding hydrogens is 440 g/mol. The highest BCUT2D eigenvalue weighted by molar-refractivity contribution is 7.90. The van der Waals surface area contributed by atoms with Gasteiger partial charge in [-0.3, -0.25) is 4.79 Å². The van der Waals surface area contributed by atoms with E-state index in [-0.39, 0.29) is 17.4 Å². The van der Waals surface area contributed by atoms with Crippen molar-refractivity contribution in [3.8, 4) is 0 Å². The SMILES string of the molecule is CCOC(=O)c1cnc(NC(=O)C(CC2CCOCC2)c2ccc(S(C)(=O)=O)cc2)s1. The van der Waals surface area contributed by atoms with Crippen LogP contribution < -0.4 is 5.32 Å². The van der Waals surface area contributed by atoms with Gasteiger partial charge >= 0.3 is 5.97 Å². The summed E-state index contributed by atoms with van der Waals surface area (Å²) in [4.78, 5) is 29.7. The van der Waals surface area contributed by atoms with Crippen LogP contribution in [0.5, 0.6) is 0 Å². The van der Waals surface area contributed by atoms with Crippen molar-refractivity contribution in [3.63, 3.8) is 0 Å². The molecule has 1 atom stereocenters. The fourth-order valence-corrected chi connectivity index (χ4v) is 4.82. The summed E-state index contributed by atoms with van der Waals surface area (Å²) in [7, 11) is -3.32. The topological polar surface area (TPSA) is 112 Å². The van der Waals surface area contributed by atoms with Gasteiger partial charge in [0.05, 0.1) is 23.6 Å². The zero-order valence-electron chi connectivity index (χ0n) is 17.5. The van der Waals surface area contributed by atoms with Crippen molar-refractivity contribution in [3.05, 3.63) is 40.9 Å². The smallest absolute Gasteiger partial charge is 0.350 e. The summed E-state index contributed by atoms with van der Waals surface area (Å²) in [6.07, 6.45) is 4.89. The number of benzene rings is 1. The molecule has 0 spiro atoms. The minimum absolute atomic E-state index is 0.209. The fourth-order valence-electron chi connectivity index (χ4n) is 3.48. The molecule has 0 bridgehead atoms. The van der Waals surface area contributed by atoms with Crippen molar-refractivity contribution in [2.24, 2.45) is 5.92 Å². The zero-order chi connectivity index (χ0) is 22.4. The molecule has 2 aromatic rings. The normalized spacial score (nSPS) is 15.9. The number of hydrogen-bond acceptors (Lipinski definition) is 8. The monoisotopic (exact) mass is 466 g/mol. The maximum Gasteiger partial charge on any atom is 0.350 e. The lowest BCUT2D eigenvalue weighted by atomic mass is 9.84. The minimum Gasteiger partial charge on any atom is -0.462 e. The van der Waals surface area contributed by atoms with Gasteiger partial charge in [-0.2, -0.15) is 0 Å². The van der Waals surface area contributed by atoms with Crippen LogP contribution in [0.3, 0.4) is 0 Å². The van der Waals surface area contributed by atoms with E-state index in [9.17, 15) is 18.0 Å². The Labute approximate surface area is 185 Å². The Morgan fingerprint density at radius 2 is 1.94 bits per heavy atom. The lowest BCUT2D eigenvalue weighted by Gasteiger charge is -2.26. The van der Waals surface area contributed by atoms with Gasteiger partial charge < -0.3 is 14.8 Å². The zero-order valence-corrected chi connectivity index (χ0v) is 19.1. The van der Waals surface area contributed by atoms with Crippen LogP contribution in [0, 0.1) is 5.92 Å². The van der Waals surface area contributed by atoms with Crippen LogP contribution in [0.2, 0.25) is 0 Å². The van der Waals surface area contributed by atoms with E-state index in [1.807, 2.05) is 0 Å². The third-order valence-electron chi connectivity index (χ3n) is 5.15. The predicted octanol–water partition coefficient (Wildman–Crippen LogP) is 3.26. The van der Waals surface area contributed by atoms with E-state index >= 15 is 0 Å². The molecule has 1 unspecified atom stereocenters. The number of aromatic nitrogens is 1. The van der Waals surface area contributed by atoms with Crippen molar-refractivity contribution >= 4 is 38.2 Å². The summed E-state index contributed by atoms with van der Waals surface area (Å²) in [5.74, 6) is -0.879. The van der Waals surface area contributed by atoms with Crippen molar-refractivity contribution in [1.29, 1.82) is 0 Å². The highest BCUT2D eigenvalue weighted by Gasteiger charge is 2.27. The molecular formula is C21H26N2O6S2. The number of hydrogen-bond donors (Lipinski definition) is 1. The van der Waals surface area contributed by atoms with Gasteiger partial charge in [0, 0.05) is 19.5 Å². The second-order valence-electron chi connectivity index (χ2n) is 7.42. The van der Waals surface area contributed by atoms with Crippen LogP contribution in [0.15, 0.2) is 35.4 Å². The molecule has 1 aromatic heterocycles. The third-order valence-corrected chi connectivity index (χ3v) is 7.17. The van der Waals surface area contributed by atoms with E-state index in [0.29, 0.717) is 35.6 Å². The minimum atomic E-state index is -3.32. The fraction of sp³-hybridized carbons (Fsp3) is 0.476. The molecule has 1 aliphatic rings. The molecule has 2 heterocycles. The Morgan fingerprint density at radius 3 is 2.55 bits per heavy atom. The van der Waals surface area contributed by atoms with Gasteiger partial charge in [-0.15, -0.1) is 0 Å². The van der Waals surface area contributed by atoms with Gasteiger partial charge in [0.2, 0.25) is 5.91 Å². The molecule has 0 radical (unpaired) electrons. The average Bonchev–Trinajstić information content (AvgIpc) is 3.21. The number of nitrogens with zero attached hydrogens (tertiary/aromatic N) is 1. The number of rotatable bonds is 8. The number of carbonyl (C=O) groups is 2. The van der Waals surface area contributed by atoms with Gasteiger partial charge in [-0.25, -0.2) is 18.2 Å². The summed E-state index contributed by atoms with van der Waals surface area (Å²) in [5.41, 5.74) is 0.735. The molecule has 31 heavy (non-hydrogen) atoms. The van der Waals surface area contributed by atoms with E-state index in [1.165, 1.54) is 18.3 Å². The Balaban J connectivity index is 1.80. The molecule has 8 nitrogen and oxygen atoms in total. The maximum atomic E-state index is 13.2. The van der Waals surface area contributed by atoms with Gasteiger partial charge in [0.25, 0.3) is 0 Å². The van der Waals surface area contributed by atoms with Crippen LogP contribution in [0.1, 0.15) is 47.3 Å². The van der Waals surface area contributed by atoms with Crippen LogP contribution in [-0.2, 0) is 24.1 Å². The first-order chi connectivity index (χ1) is 14.8. The Morgan fingerprint density at radius 1 is 1.26 bits per heavy atom. The van der Waals surface area contributed by atoms with Crippen molar-refractivity contribution in [2.75, 3.05) is 31.4 Å². The summed E-state index contributed by atoms with van der Waals surface area (Å²) >= 11 is 1.06. The van der Waals surface area contributed by atoms with Crippen molar-refractivity contribution in [2.45, 2.75) is 37.0 Å². The van der Waals surface area contributed by atoms with Gasteiger partial charge in [-0.05, 0) is 49.8 Å². The maximum absolute atomic E-state index is 13.2. The second kappa shape index (κ2) is 10.3. The van der Waals surface area contributed by atoms with E-state index < -0.39 is 21.7 Å². The molecule has 0 aliphatic carbocycles. The number of nitrogens with one attached hydrogen (secondary N) is 1. The van der Waals surface area contributed by atoms with E-state index in [4.69, 9.17) is 9.47 Å². The highest BCUT2D eigenvalue weighted by atomic mass is 32.2. The molecule has 1 saturated heterocycles. The lowest BCUT2D eigenvalue weighted by molar-refractivity contribution is -0.118. The predicted molar refractivity (Wildman–Crippen MR) is 117 cm³/mol. The number of esters is 1. The van der Waals surface area contributed by atoms with Crippen molar-refractivity contribution < 1.29 is 27.5 Å². The lowest BCUT2D eigenvalue weighted by Crippen LogP contribution is -2.26. The van der Waals surface area contributed by atoms with Crippen LogP contribution >= 0.6 is 11.3 Å². The first kappa shape index (κ1) is 23.4. The van der Waals surface area contributed by atoms with E-state index in [0.717, 1.165) is 36.0 Å². The number of amides is 1. The van der Waals surface area contributed by atoms with Gasteiger partial charge in [-0.1, -0.05) is 23.5 Å². The Kier molecular flexibility index (Phi) is 7.79. The average molecular weight is 467 g/mol. The summed E-state index contributed by atoms with van der Waals surface area (Å²) < 4.78 is 33.9. The highest BCUT2D eigenvalue weighted by Crippen LogP contribution is 2.32. The van der Waals surface area contributed by atoms with Gasteiger partial charge in [0.15, 0.2) is 15.0 Å². The molecule has 1 aliphatic heterocycles. The molecule has 10 heteroatoms. The Bertz CT molecular complexity index is 1010. The Hall–Kier alpha value is -2.30. The van der Waals surface area contributed by atoms with E-state index in [1.54, 1.807) is 19.1 Å². The number of anilines is 1. The van der Waals surface area contributed by atoms with Crippen LogP contribution in [-0.4, -0.2) is 51.4 Å². The molecule has 1 N–H and O–H groups in total. The first-order valence-electron chi connectivity index (χ1n) is 10.1. The number of sulfone groups is 1. The molecule has 0 saturated carbocycles. The molecule has 1 fully saturated rings. The van der Waals surface area contributed by atoms with E-state index in [2.05, 4.69) is 10.3 Å². The van der Waals surface area contributed by atoms with Crippen LogP contribution in [0.4, 0.5) is 5.13 Å². The van der Waals surface area contributed by atoms with Gasteiger partial charge in [0.1, 0.15) is 4.88 Å². The number of carbonyl (C=O) groups excluding carboxylic acids is 2. The largest absolute Gasteiger partial charge is 0.462 e. The summed E-state index contributed by atoms with van der Waals surface area (Å²) in [5, 5.41) is 3.12. The molecule has 168 valence electrons. The summed E-state index contributed by atoms with van der Waals surface area (Å²) in [6.45, 7) is 3.31. The molecule has 1 amide bonds. The van der Waals surface area contributed by atoms with Crippen molar-refractivity contribution in [1.82, 2.24) is 4.98 Å². The number of ether oxygens (including phenoxy) is 2. The first-order valence-corrected chi connectivity index (χ1v) is 12.8. The second-order valence-corrected chi connectivity index (χ2v) is 10.5. The quantitative estimate of drug-likeness (QED) is 0.594. The third kappa shape index (κ3) is 6.34.